The summed E-state index contributed by atoms with van der Waals surface area (Å²) in [5, 5.41) is 2.74. The van der Waals surface area contributed by atoms with Crippen molar-refractivity contribution in [1.82, 2.24) is 5.32 Å². The lowest BCUT2D eigenvalue weighted by Gasteiger charge is -2.12. The molecule has 1 amide bonds. The molecular formula is C15H25NO3. The Balaban J connectivity index is 4.06. The molecule has 4 heteroatoms. The second-order valence-corrected chi connectivity index (χ2v) is 4.32. The van der Waals surface area contributed by atoms with Gasteiger partial charge in [-0.25, -0.2) is 0 Å². The van der Waals surface area contributed by atoms with Gasteiger partial charge < -0.3 is 10.1 Å². The number of amides is 1. The fourth-order valence-corrected chi connectivity index (χ4v) is 1.45. The number of ether oxygens (including phenoxy) is 1. The van der Waals surface area contributed by atoms with Crippen LogP contribution in [0.5, 0.6) is 0 Å². The van der Waals surface area contributed by atoms with E-state index in [1.54, 1.807) is 6.92 Å². The molecule has 1 unspecified atom stereocenters. The van der Waals surface area contributed by atoms with E-state index < -0.39 is 0 Å². The average molecular weight is 267 g/mol. The summed E-state index contributed by atoms with van der Waals surface area (Å²) in [6.07, 6.45) is 7.11. The molecule has 108 valence electrons. The number of carbonyl (C=O) groups excluding carboxylic acids is 2. The van der Waals surface area contributed by atoms with E-state index in [1.807, 2.05) is 39.0 Å². The van der Waals surface area contributed by atoms with Gasteiger partial charge in [0.1, 0.15) is 0 Å². The maximum absolute atomic E-state index is 11.8. The molecule has 0 aliphatic carbocycles. The van der Waals surface area contributed by atoms with Crippen molar-refractivity contribution in [3.63, 3.8) is 0 Å². The Morgan fingerprint density at radius 2 is 2.05 bits per heavy atom. The smallest absolute Gasteiger partial charge is 0.307 e. The molecule has 0 saturated heterocycles. The molecule has 0 aliphatic rings. The molecule has 4 nitrogen and oxygen atoms in total. The normalized spacial score (nSPS) is 13.4. The summed E-state index contributed by atoms with van der Waals surface area (Å²) in [4.78, 5) is 22.9. The lowest BCUT2D eigenvalue weighted by Crippen LogP contribution is -2.31. The fourth-order valence-electron chi connectivity index (χ4n) is 1.45. The summed E-state index contributed by atoms with van der Waals surface area (Å²) >= 11 is 0. The van der Waals surface area contributed by atoms with Crippen LogP contribution < -0.4 is 5.32 Å². The number of hydrogen-bond acceptors (Lipinski definition) is 3. The first-order chi connectivity index (χ1) is 9.02. The number of carbonyl (C=O) groups is 2. The van der Waals surface area contributed by atoms with Gasteiger partial charge in [-0.1, -0.05) is 23.8 Å². The first-order valence-corrected chi connectivity index (χ1v) is 6.74. The predicted octanol–water partition coefficient (Wildman–Crippen LogP) is 2.60. The van der Waals surface area contributed by atoms with Crippen LogP contribution in [0.2, 0.25) is 0 Å². The Morgan fingerprint density at radius 1 is 1.37 bits per heavy atom. The molecule has 0 aromatic carbocycles. The number of esters is 1. The van der Waals surface area contributed by atoms with Crippen LogP contribution in [0.15, 0.2) is 23.8 Å². The number of allylic oxidation sites excluding steroid dienone is 3. The lowest BCUT2D eigenvalue weighted by atomic mass is 10.0. The Bertz CT molecular complexity index is 345. The summed E-state index contributed by atoms with van der Waals surface area (Å²) in [5.74, 6) is -0.512. The van der Waals surface area contributed by atoms with Gasteiger partial charge in [-0.2, -0.15) is 0 Å². The summed E-state index contributed by atoms with van der Waals surface area (Å²) < 4.78 is 4.79. The molecule has 0 aliphatic heterocycles. The van der Waals surface area contributed by atoms with Crippen LogP contribution >= 0.6 is 0 Å². The van der Waals surface area contributed by atoms with Gasteiger partial charge in [0.15, 0.2) is 0 Å². The quantitative estimate of drug-likeness (QED) is 0.543. The monoisotopic (exact) mass is 267 g/mol. The van der Waals surface area contributed by atoms with Crippen molar-refractivity contribution in [2.24, 2.45) is 5.92 Å². The van der Waals surface area contributed by atoms with Crippen molar-refractivity contribution in [2.75, 3.05) is 13.2 Å². The first-order valence-electron chi connectivity index (χ1n) is 6.74. The molecule has 0 aromatic rings. The SMILES string of the molecule is C/C=C\C/C=C(\C)C(C)C(=O)NCCC(=O)OCC. The minimum Gasteiger partial charge on any atom is -0.466 e. The first kappa shape index (κ1) is 17.4. The third kappa shape index (κ3) is 8.19. The second kappa shape index (κ2) is 10.4. The van der Waals surface area contributed by atoms with Crippen molar-refractivity contribution < 1.29 is 14.3 Å². The van der Waals surface area contributed by atoms with Crippen LogP contribution in [0.4, 0.5) is 0 Å². The largest absolute Gasteiger partial charge is 0.466 e. The number of nitrogens with one attached hydrogen (secondary N) is 1. The third-order valence-corrected chi connectivity index (χ3v) is 2.82. The van der Waals surface area contributed by atoms with E-state index in [0.29, 0.717) is 13.2 Å². The van der Waals surface area contributed by atoms with Crippen molar-refractivity contribution in [1.29, 1.82) is 0 Å². The van der Waals surface area contributed by atoms with Crippen LogP contribution in [-0.2, 0) is 14.3 Å². The Labute approximate surface area is 115 Å². The van der Waals surface area contributed by atoms with Gasteiger partial charge in [0.05, 0.1) is 18.9 Å². The molecule has 19 heavy (non-hydrogen) atoms. The molecule has 0 spiro atoms. The topological polar surface area (TPSA) is 55.4 Å². The molecule has 0 aromatic heterocycles. The van der Waals surface area contributed by atoms with Crippen LogP contribution in [0.25, 0.3) is 0 Å². The van der Waals surface area contributed by atoms with Crippen LogP contribution in [0, 0.1) is 5.92 Å². The number of hydrogen-bond donors (Lipinski definition) is 1. The molecule has 1 N–H and O–H groups in total. The highest BCUT2D eigenvalue weighted by atomic mass is 16.5. The van der Waals surface area contributed by atoms with E-state index in [9.17, 15) is 9.59 Å². The Morgan fingerprint density at radius 3 is 2.63 bits per heavy atom. The second-order valence-electron chi connectivity index (χ2n) is 4.32. The zero-order valence-corrected chi connectivity index (χ0v) is 12.4. The van der Waals surface area contributed by atoms with E-state index in [0.717, 1.165) is 12.0 Å². The summed E-state index contributed by atoms with van der Waals surface area (Å²) in [6, 6.07) is 0. The molecule has 0 rings (SSSR count). The average Bonchev–Trinajstić information content (AvgIpc) is 2.38. The van der Waals surface area contributed by atoms with E-state index in [2.05, 4.69) is 5.32 Å². The van der Waals surface area contributed by atoms with Gasteiger partial charge in [0, 0.05) is 6.54 Å². The van der Waals surface area contributed by atoms with Crippen molar-refractivity contribution in [2.45, 2.75) is 40.5 Å². The highest BCUT2D eigenvalue weighted by Gasteiger charge is 2.14. The Hall–Kier alpha value is -1.58. The molecule has 0 bridgehead atoms. The summed E-state index contributed by atoms with van der Waals surface area (Å²) in [6.45, 7) is 8.23. The molecule has 0 saturated carbocycles. The summed E-state index contributed by atoms with van der Waals surface area (Å²) in [7, 11) is 0. The summed E-state index contributed by atoms with van der Waals surface area (Å²) in [5.41, 5.74) is 1.03. The Kier molecular flexibility index (Phi) is 9.49. The zero-order chi connectivity index (χ0) is 14.7. The molecular weight excluding hydrogens is 242 g/mol. The predicted molar refractivity (Wildman–Crippen MR) is 76.6 cm³/mol. The minimum absolute atomic E-state index is 0.0569. The van der Waals surface area contributed by atoms with Crippen molar-refractivity contribution in [3.8, 4) is 0 Å². The minimum atomic E-state index is -0.282. The van der Waals surface area contributed by atoms with Crippen LogP contribution in [0.3, 0.4) is 0 Å². The fraction of sp³-hybridized carbons (Fsp3) is 0.600. The number of rotatable bonds is 8. The van der Waals surface area contributed by atoms with E-state index in [4.69, 9.17) is 4.74 Å². The standard InChI is InChI=1S/C15H25NO3/c1-5-7-8-9-12(3)13(4)15(18)16-11-10-14(17)19-6-2/h5,7,9,13H,6,8,10-11H2,1-4H3,(H,16,18)/b7-5-,12-9+. The van der Waals surface area contributed by atoms with Crippen molar-refractivity contribution in [3.05, 3.63) is 23.8 Å². The van der Waals surface area contributed by atoms with E-state index in [-0.39, 0.29) is 24.2 Å². The third-order valence-electron chi connectivity index (χ3n) is 2.82. The van der Waals surface area contributed by atoms with Gasteiger partial charge >= 0.3 is 5.97 Å². The molecule has 0 radical (unpaired) electrons. The maximum atomic E-state index is 11.8. The zero-order valence-electron chi connectivity index (χ0n) is 12.4. The lowest BCUT2D eigenvalue weighted by molar-refractivity contribution is -0.143. The maximum Gasteiger partial charge on any atom is 0.307 e. The molecule has 0 fully saturated rings. The molecule has 0 heterocycles. The van der Waals surface area contributed by atoms with Crippen LogP contribution in [-0.4, -0.2) is 25.0 Å². The van der Waals surface area contributed by atoms with Crippen molar-refractivity contribution >= 4 is 11.9 Å². The van der Waals surface area contributed by atoms with Gasteiger partial charge in [-0.3, -0.25) is 9.59 Å². The van der Waals surface area contributed by atoms with Gasteiger partial charge in [-0.15, -0.1) is 0 Å². The van der Waals surface area contributed by atoms with Crippen LogP contribution in [0.1, 0.15) is 40.5 Å². The highest BCUT2D eigenvalue weighted by Crippen LogP contribution is 2.10. The van der Waals surface area contributed by atoms with Gasteiger partial charge in [0.25, 0.3) is 0 Å². The molecule has 1 atom stereocenters. The van der Waals surface area contributed by atoms with E-state index in [1.165, 1.54) is 0 Å². The highest BCUT2D eigenvalue weighted by molar-refractivity contribution is 5.81. The van der Waals surface area contributed by atoms with E-state index >= 15 is 0 Å². The van der Waals surface area contributed by atoms with Gasteiger partial charge in [-0.05, 0) is 34.1 Å². The van der Waals surface area contributed by atoms with Gasteiger partial charge in [0.2, 0.25) is 5.91 Å².